The van der Waals surface area contributed by atoms with Crippen LogP contribution in [0, 0.1) is 11.7 Å². The minimum atomic E-state index is -0.922. The molecule has 0 saturated carbocycles. The van der Waals surface area contributed by atoms with E-state index in [2.05, 4.69) is 0 Å². The molecule has 0 saturated heterocycles. The summed E-state index contributed by atoms with van der Waals surface area (Å²) in [5.41, 5.74) is 6.44. The molecule has 15 heavy (non-hydrogen) atoms. The molecule has 0 spiro atoms. The molecule has 3 N–H and O–H groups in total. The van der Waals surface area contributed by atoms with Gasteiger partial charge in [-0.15, -0.1) is 0 Å². The molecule has 1 rings (SSSR count). The Morgan fingerprint density at radius 3 is 2.40 bits per heavy atom. The quantitative estimate of drug-likeness (QED) is 0.799. The first kappa shape index (κ1) is 11.7. The summed E-state index contributed by atoms with van der Waals surface area (Å²) in [6.45, 7) is 1.77. The van der Waals surface area contributed by atoms with Crippen LogP contribution in [0.2, 0.25) is 0 Å². The number of nitrogens with two attached hydrogens (primary N) is 1. The van der Waals surface area contributed by atoms with E-state index < -0.39 is 17.9 Å². The molecular weight excluding hydrogens is 197 g/mol. The third-order valence-corrected chi connectivity index (χ3v) is 2.45. The molecule has 0 radical (unpaired) electrons. The lowest BCUT2D eigenvalue weighted by molar-refractivity contribution is -0.142. The Morgan fingerprint density at radius 1 is 1.47 bits per heavy atom. The molecule has 2 unspecified atom stereocenters. The Hall–Kier alpha value is -1.42. The van der Waals surface area contributed by atoms with Crippen molar-refractivity contribution >= 4 is 5.97 Å². The maximum Gasteiger partial charge on any atom is 0.308 e. The van der Waals surface area contributed by atoms with Crippen molar-refractivity contribution in [3.63, 3.8) is 0 Å². The lowest BCUT2D eigenvalue weighted by Crippen LogP contribution is -2.27. The molecule has 0 amide bonds. The van der Waals surface area contributed by atoms with Crippen LogP contribution in [-0.2, 0) is 4.79 Å². The van der Waals surface area contributed by atoms with E-state index >= 15 is 0 Å². The van der Waals surface area contributed by atoms with Gasteiger partial charge in [0.2, 0.25) is 0 Å². The van der Waals surface area contributed by atoms with Crippen molar-refractivity contribution < 1.29 is 14.3 Å². The van der Waals surface area contributed by atoms with Gasteiger partial charge in [-0.3, -0.25) is 4.79 Å². The lowest BCUT2D eigenvalue weighted by Gasteiger charge is -2.18. The van der Waals surface area contributed by atoms with Crippen molar-refractivity contribution in [2.75, 3.05) is 0 Å². The predicted octanol–water partition coefficient (Wildman–Crippen LogP) is 1.94. The zero-order valence-corrected chi connectivity index (χ0v) is 8.48. The van der Waals surface area contributed by atoms with E-state index in [1.807, 2.05) is 0 Å². The molecule has 0 aliphatic heterocycles. The zero-order chi connectivity index (χ0) is 11.4. The second-order valence-corrected chi connectivity index (χ2v) is 3.43. The van der Waals surface area contributed by atoms with Crippen molar-refractivity contribution in [2.24, 2.45) is 11.7 Å². The highest BCUT2D eigenvalue weighted by atomic mass is 19.1. The summed E-state index contributed by atoms with van der Waals surface area (Å²) in [6, 6.07) is 5.01. The Balaban J connectivity index is 2.87. The van der Waals surface area contributed by atoms with E-state index in [1.54, 1.807) is 6.92 Å². The number of aliphatic carboxylic acids is 1. The highest BCUT2D eigenvalue weighted by Crippen LogP contribution is 2.22. The number of halogens is 1. The highest BCUT2D eigenvalue weighted by molar-refractivity contribution is 5.71. The summed E-state index contributed by atoms with van der Waals surface area (Å²) in [4.78, 5) is 10.9. The molecular formula is C11H14FNO2. The molecule has 4 heteroatoms. The maximum absolute atomic E-state index is 12.6. The summed E-state index contributed by atoms with van der Waals surface area (Å²) in [5.74, 6) is -1.90. The van der Waals surface area contributed by atoms with Gasteiger partial charge in [0, 0.05) is 6.04 Å². The van der Waals surface area contributed by atoms with Crippen LogP contribution in [0.3, 0.4) is 0 Å². The molecule has 3 nitrogen and oxygen atoms in total. The van der Waals surface area contributed by atoms with Gasteiger partial charge in [0.05, 0.1) is 5.92 Å². The number of carboxylic acids is 1. The monoisotopic (exact) mass is 211 g/mol. The number of carbonyl (C=O) groups is 1. The number of carboxylic acid groups (broad SMARTS) is 1. The second-order valence-electron chi connectivity index (χ2n) is 3.43. The van der Waals surface area contributed by atoms with Crippen LogP contribution in [0.5, 0.6) is 0 Å². The average molecular weight is 211 g/mol. The fourth-order valence-corrected chi connectivity index (χ4v) is 1.50. The van der Waals surface area contributed by atoms with Crippen LogP contribution in [0.4, 0.5) is 4.39 Å². The van der Waals surface area contributed by atoms with E-state index in [1.165, 1.54) is 24.3 Å². The summed E-state index contributed by atoms with van der Waals surface area (Å²) < 4.78 is 12.6. The molecule has 0 aliphatic rings. The summed E-state index contributed by atoms with van der Waals surface area (Å²) in [7, 11) is 0. The summed E-state index contributed by atoms with van der Waals surface area (Å²) in [6.07, 6.45) is 0.452. The minimum absolute atomic E-state index is 0.352. The van der Waals surface area contributed by atoms with E-state index in [4.69, 9.17) is 10.8 Å². The second kappa shape index (κ2) is 4.89. The summed E-state index contributed by atoms with van der Waals surface area (Å²) >= 11 is 0. The van der Waals surface area contributed by atoms with Gasteiger partial charge in [-0.05, 0) is 24.1 Å². The minimum Gasteiger partial charge on any atom is -0.481 e. The van der Waals surface area contributed by atoms with Gasteiger partial charge in [0.25, 0.3) is 0 Å². The third-order valence-electron chi connectivity index (χ3n) is 2.45. The van der Waals surface area contributed by atoms with Crippen molar-refractivity contribution in [1.29, 1.82) is 0 Å². The number of hydrogen-bond donors (Lipinski definition) is 2. The standard InChI is InChI=1S/C11H14FNO2/c1-2-9(11(14)15)10(13)7-3-5-8(12)6-4-7/h3-6,9-10H,2,13H2,1H3,(H,14,15). The first-order valence-corrected chi connectivity index (χ1v) is 4.80. The predicted molar refractivity (Wildman–Crippen MR) is 54.7 cm³/mol. The molecule has 1 aromatic carbocycles. The van der Waals surface area contributed by atoms with Crippen LogP contribution in [0.25, 0.3) is 0 Å². The Morgan fingerprint density at radius 2 is 2.00 bits per heavy atom. The van der Waals surface area contributed by atoms with Gasteiger partial charge >= 0.3 is 5.97 Å². The molecule has 0 heterocycles. The van der Waals surface area contributed by atoms with Crippen LogP contribution >= 0.6 is 0 Å². The molecule has 1 aromatic rings. The molecule has 0 bridgehead atoms. The highest BCUT2D eigenvalue weighted by Gasteiger charge is 2.24. The van der Waals surface area contributed by atoms with E-state index in [9.17, 15) is 9.18 Å². The van der Waals surface area contributed by atoms with Crippen molar-refractivity contribution in [1.82, 2.24) is 0 Å². The van der Waals surface area contributed by atoms with Crippen LogP contribution in [0.1, 0.15) is 24.9 Å². The number of hydrogen-bond acceptors (Lipinski definition) is 2. The molecule has 0 aromatic heterocycles. The van der Waals surface area contributed by atoms with Crippen LogP contribution < -0.4 is 5.73 Å². The van der Waals surface area contributed by atoms with Crippen molar-refractivity contribution in [2.45, 2.75) is 19.4 Å². The van der Waals surface area contributed by atoms with Gasteiger partial charge in [-0.25, -0.2) is 4.39 Å². The van der Waals surface area contributed by atoms with Crippen LogP contribution in [-0.4, -0.2) is 11.1 Å². The fourth-order valence-electron chi connectivity index (χ4n) is 1.50. The molecule has 82 valence electrons. The lowest BCUT2D eigenvalue weighted by atomic mass is 9.92. The smallest absolute Gasteiger partial charge is 0.308 e. The van der Waals surface area contributed by atoms with Crippen LogP contribution in [0.15, 0.2) is 24.3 Å². The van der Waals surface area contributed by atoms with E-state index in [0.29, 0.717) is 12.0 Å². The molecule has 0 fully saturated rings. The average Bonchev–Trinajstić information content (AvgIpc) is 2.19. The number of benzene rings is 1. The fraction of sp³-hybridized carbons (Fsp3) is 0.364. The molecule has 0 aliphatic carbocycles. The van der Waals surface area contributed by atoms with E-state index in [0.717, 1.165) is 0 Å². The zero-order valence-electron chi connectivity index (χ0n) is 8.48. The summed E-state index contributed by atoms with van der Waals surface area (Å²) in [5, 5.41) is 8.91. The van der Waals surface area contributed by atoms with Gasteiger partial charge in [-0.2, -0.15) is 0 Å². The Kier molecular flexibility index (Phi) is 3.80. The first-order valence-electron chi connectivity index (χ1n) is 4.80. The van der Waals surface area contributed by atoms with Crippen molar-refractivity contribution in [3.8, 4) is 0 Å². The Bertz CT molecular complexity index is 337. The van der Waals surface area contributed by atoms with Gasteiger partial charge in [0.15, 0.2) is 0 Å². The molecule has 2 atom stereocenters. The van der Waals surface area contributed by atoms with E-state index in [-0.39, 0.29) is 5.82 Å². The topological polar surface area (TPSA) is 63.3 Å². The number of rotatable bonds is 4. The third kappa shape index (κ3) is 2.76. The Labute approximate surface area is 87.7 Å². The SMILES string of the molecule is CCC(C(=O)O)C(N)c1ccc(F)cc1. The largest absolute Gasteiger partial charge is 0.481 e. The van der Waals surface area contributed by atoms with Gasteiger partial charge < -0.3 is 10.8 Å². The van der Waals surface area contributed by atoms with Crippen molar-refractivity contribution in [3.05, 3.63) is 35.6 Å². The first-order chi connectivity index (χ1) is 7.06. The normalized spacial score (nSPS) is 14.6. The maximum atomic E-state index is 12.6. The van der Waals surface area contributed by atoms with Gasteiger partial charge in [0.1, 0.15) is 5.82 Å². The van der Waals surface area contributed by atoms with Gasteiger partial charge in [-0.1, -0.05) is 19.1 Å².